The van der Waals surface area contributed by atoms with Crippen LogP contribution in [0.2, 0.25) is 5.02 Å². The summed E-state index contributed by atoms with van der Waals surface area (Å²) in [5, 5.41) is 5.63. The number of halogens is 2. The van der Waals surface area contributed by atoms with Crippen molar-refractivity contribution in [2.24, 2.45) is 0 Å². The van der Waals surface area contributed by atoms with E-state index in [4.69, 9.17) is 11.6 Å². The van der Waals surface area contributed by atoms with Gasteiger partial charge in [-0.1, -0.05) is 25.4 Å². The van der Waals surface area contributed by atoms with Crippen molar-refractivity contribution in [2.75, 3.05) is 6.54 Å². The highest BCUT2D eigenvalue weighted by atomic mass is 35.5. The average Bonchev–Trinajstić information content (AvgIpc) is 2.51. The Morgan fingerprint density at radius 2 is 2.27 bits per heavy atom. The van der Waals surface area contributed by atoms with Crippen LogP contribution in [0.25, 0.3) is 0 Å². The molecule has 0 saturated carbocycles. The first kappa shape index (κ1) is 14.9. The molecule has 0 fully saturated rings. The molecular formula is C10H15Cl2NOS. The molecule has 0 aliphatic heterocycles. The third-order valence-electron chi connectivity index (χ3n) is 1.75. The molecule has 5 heteroatoms. The Morgan fingerprint density at radius 3 is 2.73 bits per heavy atom. The predicted molar refractivity (Wildman–Crippen MR) is 68.7 cm³/mol. The second kappa shape index (κ2) is 7.23. The number of nitrogens with one attached hydrogen (secondary N) is 1. The quantitative estimate of drug-likeness (QED) is 0.829. The maximum atomic E-state index is 11.6. The highest BCUT2D eigenvalue weighted by Crippen LogP contribution is 2.20. The first-order valence-electron chi connectivity index (χ1n) is 4.60. The van der Waals surface area contributed by atoms with E-state index in [1.807, 2.05) is 0 Å². The van der Waals surface area contributed by atoms with Crippen molar-refractivity contribution in [3.05, 3.63) is 21.3 Å². The van der Waals surface area contributed by atoms with Crippen LogP contribution >= 0.6 is 35.3 Å². The molecule has 15 heavy (non-hydrogen) atoms. The Bertz CT molecular complexity index is 312. The van der Waals surface area contributed by atoms with Gasteiger partial charge in [0, 0.05) is 24.4 Å². The van der Waals surface area contributed by atoms with Crippen LogP contribution in [0.5, 0.6) is 0 Å². The lowest BCUT2D eigenvalue weighted by atomic mass is 10.2. The minimum Gasteiger partial charge on any atom is -0.314 e. The second-order valence-corrected chi connectivity index (χ2v) is 4.76. The van der Waals surface area contributed by atoms with Crippen molar-refractivity contribution in [1.82, 2.24) is 5.32 Å². The van der Waals surface area contributed by atoms with Gasteiger partial charge in [-0.3, -0.25) is 4.79 Å². The lowest BCUT2D eigenvalue weighted by molar-refractivity contribution is 0.0986. The Labute approximate surface area is 105 Å². The molecule has 1 aromatic rings. The van der Waals surface area contributed by atoms with Crippen molar-refractivity contribution in [3.63, 3.8) is 0 Å². The Hall–Kier alpha value is -0.0900. The third kappa shape index (κ3) is 5.52. The summed E-state index contributed by atoms with van der Waals surface area (Å²) >= 11 is 7.14. The van der Waals surface area contributed by atoms with Crippen LogP contribution in [0.4, 0.5) is 0 Å². The molecule has 1 rings (SSSR count). The first-order valence-corrected chi connectivity index (χ1v) is 5.86. The maximum Gasteiger partial charge on any atom is 0.174 e. The number of hydrogen-bond acceptors (Lipinski definition) is 3. The van der Waals surface area contributed by atoms with Crippen molar-refractivity contribution in [2.45, 2.75) is 26.3 Å². The van der Waals surface area contributed by atoms with Crippen LogP contribution in [0.1, 0.15) is 29.9 Å². The maximum absolute atomic E-state index is 11.6. The van der Waals surface area contributed by atoms with E-state index in [1.165, 1.54) is 11.3 Å². The lowest BCUT2D eigenvalue weighted by Gasteiger charge is -2.05. The number of thiophene rings is 1. The standard InChI is InChI=1S/C10H14ClNOS.ClH/c1-7(2)12-4-3-9(13)10-5-8(11)6-14-10;/h5-7,12H,3-4H2,1-2H3;1H. The molecule has 0 spiro atoms. The van der Waals surface area contributed by atoms with Crippen LogP contribution < -0.4 is 5.32 Å². The predicted octanol–water partition coefficient (Wildman–Crippen LogP) is 3.39. The van der Waals surface area contributed by atoms with Gasteiger partial charge in [-0.2, -0.15) is 0 Å². The monoisotopic (exact) mass is 267 g/mol. The second-order valence-electron chi connectivity index (χ2n) is 3.41. The number of ketones is 1. The fraction of sp³-hybridized carbons (Fsp3) is 0.500. The van der Waals surface area contributed by atoms with Gasteiger partial charge in [-0.15, -0.1) is 23.7 Å². The summed E-state index contributed by atoms with van der Waals surface area (Å²) < 4.78 is 0. The summed E-state index contributed by atoms with van der Waals surface area (Å²) in [6, 6.07) is 2.15. The molecule has 0 saturated heterocycles. The molecule has 1 heterocycles. The van der Waals surface area contributed by atoms with E-state index >= 15 is 0 Å². The number of carbonyl (C=O) groups is 1. The van der Waals surface area contributed by atoms with Crippen molar-refractivity contribution in [1.29, 1.82) is 0 Å². The lowest BCUT2D eigenvalue weighted by Crippen LogP contribution is -2.25. The molecule has 0 unspecified atom stereocenters. The fourth-order valence-corrected chi connectivity index (χ4v) is 2.10. The minimum absolute atomic E-state index is 0. The van der Waals surface area contributed by atoms with E-state index < -0.39 is 0 Å². The number of carbonyl (C=O) groups excluding carboxylic acids is 1. The van der Waals surface area contributed by atoms with Crippen LogP contribution in [0.3, 0.4) is 0 Å². The summed E-state index contributed by atoms with van der Waals surface area (Å²) in [6.45, 7) is 4.85. The van der Waals surface area contributed by atoms with Crippen molar-refractivity contribution in [3.8, 4) is 0 Å². The number of rotatable bonds is 5. The summed E-state index contributed by atoms with van der Waals surface area (Å²) in [7, 11) is 0. The van der Waals surface area contributed by atoms with Gasteiger partial charge in [-0.05, 0) is 6.07 Å². The summed E-state index contributed by atoms with van der Waals surface area (Å²) in [5.41, 5.74) is 0. The molecule has 0 aliphatic carbocycles. The summed E-state index contributed by atoms with van der Waals surface area (Å²) in [5.74, 6) is 0.162. The van der Waals surface area contributed by atoms with Gasteiger partial charge in [0.15, 0.2) is 5.78 Å². The fourth-order valence-electron chi connectivity index (χ4n) is 1.06. The largest absolute Gasteiger partial charge is 0.314 e. The van der Waals surface area contributed by atoms with Gasteiger partial charge in [0.2, 0.25) is 0 Å². The Balaban J connectivity index is 0.00000196. The average molecular weight is 268 g/mol. The SMILES string of the molecule is CC(C)NCCC(=O)c1cc(Cl)cs1.Cl. The number of Topliss-reactive ketones (excluding diaryl/α,β-unsaturated/α-hetero) is 1. The van der Waals surface area contributed by atoms with Gasteiger partial charge < -0.3 is 5.32 Å². The molecule has 0 radical (unpaired) electrons. The molecule has 1 aromatic heterocycles. The molecule has 0 bridgehead atoms. The van der Waals surface area contributed by atoms with Gasteiger partial charge >= 0.3 is 0 Å². The zero-order valence-electron chi connectivity index (χ0n) is 8.75. The Kier molecular flexibility index (Phi) is 7.18. The van der Waals surface area contributed by atoms with Gasteiger partial charge in [0.1, 0.15) is 0 Å². The molecule has 86 valence electrons. The minimum atomic E-state index is 0. The van der Waals surface area contributed by atoms with Crippen molar-refractivity contribution < 1.29 is 4.79 Å². The Morgan fingerprint density at radius 1 is 1.60 bits per heavy atom. The van der Waals surface area contributed by atoms with E-state index in [2.05, 4.69) is 19.2 Å². The smallest absolute Gasteiger partial charge is 0.174 e. The topological polar surface area (TPSA) is 29.1 Å². The molecular weight excluding hydrogens is 253 g/mol. The highest BCUT2D eigenvalue weighted by Gasteiger charge is 2.08. The van der Waals surface area contributed by atoms with E-state index in [-0.39, 0.29) is 18.2 Å². The van der Waals surface area contributed by atoms with Crippen molar-refractivity contribution >= 4 is 41.1 Å². The first-order chi connectivity index (χ1) is 6.59. The van der Waals surface area contributed by atoms with Crippen LogP contribution in [-0.4, -0.2) is 18.4 Å². The van der Waals surface area contributed by atoms with E-state index in [0.29, 0.717) is 17.5 Å². The number of hydrogen-bond donors (Lipinski definition) is 1. The van der Waals surface area contributed by atoms with Crippen LogP contribution in [0, 0.1) is 0 Å². The summed E-state index contributed by atoms with van der Waals surface area (Å²) in [4.78, 5) is 12.3. The van der Waals surface area contributed by atoms with Gasteiger partial charge in [0.25, 0.3) is 0 Å². The third-order valence-corrected chi connectivity index (χ3v) is 3.07. The molecule has 0 aliphatic rings. The van der Waals surface area contributed by atoms with Crippen LogP contribution in [-0.2, 0) is 0 Å². The zero-order chi connectivity index (χ0) is 10.6. The molecule has 0 amide bonds. The summed E-state index contributed by atoms with van der Waals surface area (Å²) in [6.07, 6.45) is 0.537. The van der Waals surface area contributed by atoms with Gasteiger partial charge in [0.05, 0.1) is 9.90 Å². The highest BCUT2D eigenvalue weighted by molar-refractivity contribution is 7.12. The van der Waals surface area contributed by atoms with E-state index in [0.717, 1.165) is 11.4 Å². The van der Waals surface area contributed by atoms with Gasteiger partial charge in [-0.25, -0.2) is 0 Å². The normalized spacial score (nSPS) is 10.1. The molecule has 2 nitrogen and oxygen atoms in total. The molecule has 1 N–H and O–H groups in total. The van der Waals surface area contributed by atoms with E-state index in [1.54, 1.807) is 11.4 Å². The molecule has 0 atom stereocenters. The van der Waals surface area contributed by atoms with E-state index in [9.17, 15) is 4.79 Å². The molecule has 0 aromatic carbocycles. The van der Waals surface area contributed by atoms with Crippen LogP contribution in [0.15, 0.2) is 11.4 Å². The zero-order valence-corrected chi connectivity index (χ0v) is 11.1.